The van der Waals surface area contributed by atoms with Crippen molar-refractivity contribution in [3.05, 3.63) is 95.1 Å². The van der Waals surface area contributed by atoms with Crippen LogP contribution in [0.1, 0.15) is 60.8 Å². The third kappa shape index (κ3) is 12.2. The van der Waals surface area contributed by atoms with Gasteiger partial charge >= 0.3 is 0 Å². The molecule has 11 nitrogen and oxygen atoms in total. The summed E-state index contributed by atoms with van der Waals surface area (Å²) >= 11 is 4.68. The standard InChI is InChI=1S/C42H54N4O7S/c1-29-12-16-35-26-33(29)27-43-40(48)36(19-15-30-8-4-3-5-9-30)44-41(49)38(39(54)42(50)46-22-6-10-32(28-46)20-25-53-35)45-37(47)21-24-52-23-7-11-31-13-17-34(51-2)18-14-31/h3-5,8-9,12-14,16-18,26,32,36,38-39,54H,6-7,10-11,15,19-25,27-28H2,1-2H3,(H,43,48)(H,44,49)(H,45,47)/t32?,36-,38-,39?/m0/s1. The molecule has 3 aromatic rings. The van der Waals surface area contributed by atoms with Crippen LogP contribution in [0.5, 0.6) is 11.5 Å². The van der Waals surface area contributed by atoms with Crippen molar-refractivity contribution < 1.29 is 33.4 Å². The summed E-state index contributed by atoms with van der Waals surface area (Å²) in [5, 5.41) is 7.48. The van der Waals surface area contributed by atoms with Gasteiger partial charge < -0.3 is 35.1 Å². The minimum atomic E-state index is -1.32. The van der Waals surface area contributed by atoms with E-state index in [0.29, 0.717) is 39.1 Å². The molecule has 54 heavy (non-hydrogen) atoms. The van der Waals surface area contributed by atoms with Crippen LogP contribution < -0.4 is 25.4 Å². The van der Waals surface area contributed by atoms with Gasteiger partial charge in [0, 0.05) is 32.7 Å². The van der Waals surface area contributed by atoms with Crippen LogP contribution in [0.25, 0.3) is 0 Å². The van der Waals surface area contributed by atoms with Gasteiger partial charge in [0.1, 0.15) is 28.8 Å². The van der Waals surface area contributed by atoms with Gasteiger partial charge in [0.2, 0.25) is 23.6 Å². The maximum Gasteiger partial charge on any atom is 0.244 e. The average molecular weight is 759 g/mol. The molecule has 0 saturated carbocycles. The van der Waals surface area contributed by atoms with Gasteiger partial charge in [-0.1, -0.05) is 48.5 Å². The molecule has 2 heterocycles. The fourth-order valence-electron chi connectivity index (χ4n) is 6.86. The Balaban J connectivity index is 1.29. The summed E-state index contributed by atoms with van der Waals surface area (Å²) in [6.07, 6.45) is 4.92. The molecular formula is C42H54N4O7S. The van der Waals surface area contributed by atoms with Gasteiger partial charge in [-0.05, 0) is 104 Å². The van der Waals surface area contributed by atoms with Crippen LogP contribution in [-0.2, 0) is 43.3 Å². The second-order valence-corrected chi connectivity index (χ2v) is 14.7. The number of carbonyl (C=O) groups excluding carboxylic acids is 4. The molecule has 0 aliphatic carbocycles. The Bertz CT molecular complexity index is 1690. The molecule has 3 N–H and O–H groups in total. The van der Waals surface area contributed by atoms with E-state index in [1.54, 1.807) is 12.0 Å². The van der Waals surface area contributed by atoms with Crippen LogP contribution in [0.3, 0.4) is 0 Å². The molecule has 0 aromatic heterocycles. The predicted molar refractivity (Wildman–Crippen MR) is 211 cm³/mol. The van der Waals surface area contributed by atoms with Crippen LogP contribution in [0.4, 0.5) is 0 Å². The Kier molecular flexibility index (Phi) is 15.6. The van der Waals surface area contributed by atoms with Crippen LogP contribution >= 0.6 is 12.6 Å². The number of hydrogen-bond donors (Lipinski definition) is 4. The van der Waals surface area contributed by atoms with Crippen molar-refractivity contribution in [1.29, 1.82) is 0 Å². The minimum absolute atomic E-state index is 0.0108. The molecule has 2 aliphatic rings. The maximum atomic E-state index is 14.1. The van der Waals surface area contributed by atoms with Crippen molar-refractivity contribution in [2.24, 2.45) is 5.92 Å². The lowest BCUT2D eigenvalue weighted by molar-refractivity contribution is -0.137. The summed E-state index contributed by atoms with van der Waals surface area (Å²) < 4.78 is 17.1. The number of nitrogens with zero attached hydrogens (tertiary/aromatic N) is 1. The molecule has 3 aromatic carbocycles. The number of rotatable bonds is 12. The fourth-order valence-corrected chi connectivity index (χ4v) is 7.24. The molecule has 0 spiro atoms. The molecule has 4 amide bonds. The number of benzene rings is 3. The van der Waals surface area contributed by atoms with Gasteiger partial charge in [-0.25, -0.2) is 0 Å². The Hall–Kier alpha value is -4.55. The predicted octanol–water partition coefficient (Wildman–Crippen LogP) is 4.58. The molecule has 2 unspecified atom stereocenters. The summed E-state index contributed by atoms with van der Waals surface area (Å²) in [6.45, 7) is 4.35. The van der Waals surface area contributed by atoms with E-state index in [1.807, 2.05) is 79.7 Å². The smallest absolute Gasteiger partial charge is 0.244 e. The zero-order chi connectivity index (χ0) is 38.3. The first kappa shape index (κ1) is 40.6. The lowest BCUT2D eigenvalue weighted by Gasteiger charge is -2.36. The van der Waals surface area contributed by atoms with E-state index in [0.717, 1.165) is 65.9 Å². The van der Waals surface area contributed by atoms with E-state index in [4.69, 9.17) is 14.2 Å². The highest BCUT2D eigenvalue weighted by Gasteiger charge is 2.38. The number of carbonyl (C=O) groups is 4. The molecular weight excluding hydrogens is 705 g/mol. The zero-order valence-electron chi connectivity index (χ0n) is 31.4. The van der Waals surface area contributed by atoms with Crippen molar-refractivity contribution in [2.45, 2.75) is 82.2 Å². The number of piperidine rings is 1. The molecule has 2 aliphatic heterocycles. The van der Waals surface area contributed by atoms with Gasteiger partial charge in [-0.15, -0.1) is 0 Å². The molecule has 1 fully saturated rings. The Morgan fingerprint density at radius 3 is 2.52 bits per heavy atom. The monoisotopic (exact) mass is 758 g/mol. The highest BCUT2D eigenvalue weighted by atomic mass is 32.1. The molecule has 4 atom stereocenters. The lowest BCUT2D eigenvalue weighted by atomic mass is 9.94. The molecule has 0 radical (unpaired) electrons. The second kappa shape index (κ2) is 20.8. The number of ether oxygens (including phenoxy) is 3. The Morgan fingerprint density at radius 2 is 1.74 bits per heavy atom. The van der Waals surface area contributed by atoms with E-state index < -0.39 is 29.1 Å². The molecule has 1 saturated heterocycles. The fraction of sp³-hybridized carbons (Fsp3) is 0.476. The van der Waals surface area contributed by atoms with E-state index in [2.05, 4.69) is 28.6 Å². The van der Waals surface area contributed by atoms with E-state index >= 15 is 0 Å². The Labute approximate surface area is 324 Å². The van der Waals surface area contributed by atoms with Gasteiger partial charge in [-0.3, -0.25) is 19.2 Å². The summed E-state index contributed by atoms with van der Waals surface area (Å²) in [5.74, 6) is -0.0703. The second-order valence-electron chi connectivity index (χ2n) is 14.1. The number of methoxy groups -OCH3 is 1. The molecule has 4 bridgehead atoms. The topological polar surface area (TPSA) is 135 Å². The highest BCUT2D eigenvalue weighted by molar-refractivity contribution is 7.82. The third-order valence-electron chi connectivity index (χ3n) is 10.2. The van der Waals surface area contributed by atoms with Gasteiger partial charge in [0.25, 0.3) is 0 Å². The number of hydrogen-bond acceptors (Lipinski definition) is 8. The van der Waals surface area contributed by atoms with Crippen molar-refractivity contribution in [3.63, 3.8) is 0 Å². The van der Waals surface area contributed by atoms with Crippen molar-refractivity contribution in [3.8, 4) is 11.5 Å². The number of fused-ring (bicyclic) bond motifs is 4. The molecule has 5 rings (SSSR count). The lowest BCUT2D eigenvalue weighted by Crippen LogP contribution is -2.60. The Morgan fingerprint density at radius 1 is 0.963 bits per heavy atom. The van der Waals surface area contributed by atoms with E-state index in [9.17, 15) is 19.2 Å². The van der Waals surface area contributed by atoms with Gasteiger partial charge in [0.15, 0.2) is 0 Å². The van der Waals surface area contributed by atoms with E-state index in [-0.39, 0.29) is 37.3 Å². The average Bonchev–Trinajstić information content (AvgIpc) is 3.19. The summed E-state index contributed by atoms with van der Waals surface area (Å²) in [4.78, 5) is 56.9. The molecule has 290 valence electrons. The number of nitrogens with one attached hydrogen (secondary N) is 3. The van der Waals surface area contributed by atoms with Gasteiger partial charge in [0.05, 0.1) is 20.3 Å². The van der Waals surface area contributed by atoms with Crippen molar-refractivity contribution in [1.82, 2.24) is 20.9 Å². The minimum Gasteiger partial charge on any atom is -0.497 e. The third-order valence-corrected chi connectivity index (χ3v) is 10.7. The normalized spacial score (nSPS) is 21.2. The SMILES string of the molecule is COc1ccc(CCCOCCC(=O)N[C@@H]2C(=O)N[C@@H](CCc3ccccc3)C(=O)NCc3cc(ccc3C)OCCC3CCCN(C3)C(=O)C2S)cc1. The first-order valence-corrected chi connectivity index (χ1v) is 19.5. The van der Waals surface area contributed by atoms with Crippen molar-refractivity contribution >= 4 is 36.3 Å². The van der Waals surface area contributed by atoms with Crippen LogP contribution in [-0.4, -0.2) is 85.9 Å². The quantitative estimate of drug-likeness (QED) is 0.157. The van der Waals surface area contributed by atoms with Crippen molar-refractivity contribution in [2.75, 3.05) is 40.0 Å². The van der Waals surface area contributed by atoms with Crippen LogP contribution in [0, 0.1) is 12.8 Å². The summed E-state index contributed by atoms with van der Waals surface area (Å²) in [7, 11) is 1.63. The first-order chi connectivity index (χ1) is 26.2. The summed E-state index contributed by atoms with van der Waals surface area (Å²) in [6, 6.07) is 21.1. The van der Waals surface area contributed by atoms with E-state index in [1.165, 1.54) is 0 Å². The maximum absolute atomic E-state index is 14.1. The number of thiol groups is 1. The number of aryl methyl sites for hydroxylation is 3. The largest absolute Gasteiger partial charge is 0.497 e. The summed E-state index contributed by atoms with van der Waals surface area (Å²) in [5.41, 5.74) is 4.08. The number of amides is 4. The molecule has 12 heteroatoms. The van der Waals surface area contributed by atoms with Gasteiger partial charge in [-0.2, -0.15) is 12.6 Å². The van der Waals surface area contributed by atoms with Crippen LogP contribution in [0.15, 0.2) is 72.8 Å². The zero-order valence-corrected chi connectivity index (χ0v) is 32.3. The first-order valence-electron chi connectivity index (χ1n) is 19.0. The van der Waals surface area contributed by atoms with Crippen LogP contribution in [0.2, 0.25) is 0 Å². The highest BCUT2D eigenvalue weighted by Crippen LogP contribution is 2.24.